The van der Waals surface area contributed by atoms with Gasteiger partial charge in [-0.3, -0.25) is 4.79 Å². The topological polar surface area (TPSA) is 34.4 Å². The van der Waals surface area contributed by atoms with Gasteiger partial charge >= 0.3 is 0 Å². The first kappa shape index (κ1) is 20.1. The van der Waals surface area contributed by atoms with Crippen molar-refractivity contribution in [1.82, 2.24) is 4.57 Å². The van der Waals surface area contributed by atoms with Gasteiger partial charge in [-0.1, -0.05) is 53.0 Å². The summed E-state index contributed by atoms with van der Waals surface area (Å²) in [6.45, 7) is 4.99. The summed E-state index contributed by atoms with van der Waals surface area (Å²) in [5.74, 6) is -0.250. The SMILES string of the molecule is CCCc1sc(=NC(=O)c2ccc(Cl)cc2)n(CC)c1-c1ccc(Br)cc1. The van der Waals surface area contributed by atoms with E-state index < -0.39 is 0 Å². The fourth-order valence-corrected chi connectivity index (χ4v) is 4.60. The lowest BCUT2D eigenvalue weighted by atomic mass is 10.1. The van der Waals surface area contributed by atoms with Gasteiger partial charge in [-0.25, -0.2) is 0 Å². The Morgan fingerprint density at radius 2 is 1.78 bits per heavy atom. The number of carbonyl (C=O) groups is 1. The molecule has 2 aromatic carbocycles. The molecule has 0 N–H and O–H groups in total. The van der Waals surface area contributed by atoms with Crippen molar-refractivity contribution in [3.05, 3.63) is 73.3 Å². The Morgan fingerprint density at radius 1 is 1.11 bits per heavy atom. The molecule has 1 aromatic heterocycles. The summed E-state index contributed by atoms with van der Waals surface area (Å²) < 4.78 is 3.18. The van der Waals surface area contributed by atoms with Crippen molar-refractivity contribution in [3.8, 4) is 11.3 Å². The number of hydrogen-bond acceptors (Lipinski definition) is 2. The third kappa shape index (κ3) is 4.60. The van der Waals surface area contributed by atoms with E-state index in [1.807, 2.05) is 12.1 Å². The lowest BCUT2D eigenvalue weighted by Crippen LogP contribution is -2.17. The molecule has 0 fully saturated rings. The van der Waals surface area contributed by atoms with Gasteiger partial charge in [-0.15, -0.1) is 11.3 Å². The third-order valence-corrected chi connectivity index (χ3v) is 6.10. The summed E-state index contributed by atoms with van der Waals surface area (Å²) in [6, 6.07) is 15.1. The quantitative estimate of drug-likeness (QED) is 0.434. The predicted octanol–water partition coefficient (Wildman–Crippen LogP) is 6.35. The number of thiazole rings is 1. The highest BCUT2D eigenvalue weighted by molar-refractivity contribution is 9.10. The molecule has 0 spiro atoms. The van der Waals surface area contributed by atoms with Crippen LogP contribution in [0.1, 0.15) is 35.5 Å². The molecule has 27 heavy (non-hydrogen) atoms. The minimum absolute atomic E-state index is 0.250. The molecule has 0 bridgehead atoms. The molecule has 3 nitrogen and oxygen atoms in total. The van der Waals surface area contributed by atoms with E-state index in [9.17, 15) is 4.79 Å². The second kappa shape index (κ2) is 9.00. The Balaban J connectivity index is 2.13. The average molecular weight is 464 g/mol. The molecule has 0 unspecified atom stereocenters. The Morgan fingerprint density at radius 3 is 2.37 bits per heavy atom. The van der Waals surface area contributed by atoms with E-state index in [4.69, 9.17) is 11.6 Å². The summed E-state index contributed by atoms with van der Waals surface area (Å²) in [5, 5.41) is 0.606. The number of aryl methyl sites for hydroxylation is 1. The highest BCUT2D eigenvalue weighted by atomic mass is 79.9. The predicted molar refractivity (Wildman–Crippen MR) is 116 cm³/mol. The zero-order chi connectivity index (χ0) is 19.4. The molecular weight excluding hydrogens is 444 g/mol. The highest BCUT2D eigenvalue weighted by Crippen LogP contribution is 2.28. The van der Waals surface area contributed by atoms with Crippen LogP contribution in [0.5, 0.6) is 0 Å². The van der Waals surface area contributed by atoms with Crippen LogP contribution in [0.4, 0.5) is 0 Å². The summed E-state index contributed by atoms with van der Waals surface area (Å²) in [4.78, 5) is 19.0. The summed E-state index contributed by atoms with van der Waals surface area (Å²) in [7, 11) is 0. The van der Waals surface area contributed by atoms with E-state index in [-0.39, 0.29) is 5.91 Å². The molecule has 1 heterocycles. The van der Waals surface area contributed by atoms with Crippen LogP contribution in [0.3, 0.4) is 0 Å². The normalized spacial score (nSPS) is 11.8. The first-order chi connectivity index (χ1) is 13.0. The number of nitrogens with zero attached hydrogens (tertiary/aromatic N) is 2. The van der Waals surface area contributed by atoms with Gasteiger partial charge in [0, 0.05) is 26.5 Å². The first-order valence-electron chi connectivity index (χ1n) is 8.86. The average Bonchev–Trinajstić information content (AvgIpc) is 3.00. The molecule has 0 radical (unpaired) electrons. The van der Waals surface area contributed by atoms with Crippen molar-refractivity contribution in [2.75, 3.05) is 0 Å². The Labute approximate surface area is 176 Å². The highest BCUT2D eigenvalue weighted by Gasteiger charge is 2.15. The number of carbonyl (C=O) groups excluding carboxylic acids is 1. The van der Waals surface area contributed by atoms with Gasteiger partial charge in [-0.2, -0.15) is 4.99 Å². The number of benzene rings is 2. The maximum Gasteiger partial charge on any atom is 0.279 e. The van der Waals surface area contributed by atoms with Crippen LogP contribution >= 0.6 is 38.9 Å². The van der Waals surface area contributed by atoms with E-state index in [0.29, 0.717) is 10.6 Å². The molecule has 0 aliphatic carbocycles. The Hall–Kier alpha value is -1.69. The lowest BCUT2D eigenvalue weighted by molar-refractivity contribution is 0.0998. The van der Waals surface area contributed by atoms with Crippen LogP contribution in [0.2, 0.25) is 5.02 Å². The zero-order valence-corrected chi connectivity index (χ0v) is 18.4. The van der Waals surface area contributed by atoms with Gasteiger partial charge < -0.3 is 4.57 Å². The Bertz CT molecular complexity index is 1000. The maximum atomic E-state index is 12.6. The number of hydrogen-bond donors (Lipinski definition) is 0. The second-order valence-electron chi connectivity index (χ2n) is 6.08. The molecule has 0 atom stereocenters. The van der Waals surface area contributed by atoms with E-state index >= 15 is 0 Å². The van der Waals surface area contributed by atoms with Crippen molar-refractivity contribution in [2.24, 2.45) is 4.99 Å². The molecule has 6 heteroatoms. The van der Waals surface area contributed by atoms with Crippen LogP contribution in [-0.2, 0) is 13.0 Å². The minimum atomic E-state index is -0.250. The second-order valence-corrected chi connectivity index (χ2v) is 8.50. The zero-order valence-electron chi connectivity index (χ0n) is 15.2. The summed E-state index contributed by atoms with van der Waals surface area (Å²) in [6.07, 6.45) is 2.00. The monoisotopic (exact) mass is 462 g/mol. The fourth-order valence-electron chi connectivity index (χ4n) is 2.90. The number of amides is 1. The van der Waals surface area contributed by atoms with Crippen LogP contribution < -0.4 is 4.80 Å². The van der Waals surface area contributed by atoms with Crippen molar-refractivity contribution in [1.29, 1.82) is 0 Å². The number of rotatable bonds is 5. The van der Waals surface area contributed by atoms with Crippen LogP contribution in [0.25, 0.3) is 11.3 Å². The van der Waals surface area contributed by atoms with E-state index in [0.717, 1.165) is 39.9 Å². The molecule has 0 saturated heterocycles. The minimum Gasteiger partial charge on any atom is -0.316 e. The number of aromatic nitrogens is 1. The maximum absolute atomic E-state index is 12.6. The molecule has 1 amide bonds. The molecule has 3 aromatic rings. The van der Waals surface area contributed by atoms with Crippen LogP contribution in [0.15, 0.2) is 58.0 Å². The van der Waals surface area contributed by atoms with Gasteiger partial charge in [0.25, 0.3) is 5.91 Å². The van der Waals surface area contributed by atoms with Gasteiger partial charge in [-0.05, 0) is 55.3 Å². The fraction of sp³-hybridized carbons (Fsp3) is 0.238. The third-order valence-electron chi connectivity index (χ3n) is 4.18. The van der Waals surface area contributed by atoms with Crippen LogP contribution in [-0.4, -0.2) is 10.5 Å². The first-order valence-corrected chi connectivity index (χ1v) is 10.8. The van der Waals surface area contributed by atoms with E-state index in [1.165, 1.54) is 4.88 Å². The van der Waals surface area contributed by atoms with Gasteiger partial charge in [0.2, 0.25) is 0 Å². The van der Waals surface area contributed by atoms with Gasteiger partial charge in [0.05, 0.1) is 5.69 Å². The summed E-state index contributed by atoms with van der Waals surface area (Å²) >= 11 is 11.0. The van der Waals surface area contributed by atoms with Gasteiger partial charge in [0.15, 0.2) is 4.80 Å². The van der Waals surface area contributed by atoms with E-state index in [2.05, 4.69) is 51.5 Å². The van der Waals surface area contributed by atoms with E-state index in [1.54, 1.807) is 35.6 Å². The molecule has 0 saturated carbocycles. The number of halogens is 2. The van der Waals surface area contributed by atoms with Crippen LogP contribution in [0, 0.1) is 0 Å². The van der Waals surface area contributed by atoms with Crippen molar-refractivity contribution >= 4 is 44.8 Å². The molecule has 3 rings (SSSR count). The lowest BCUT2D eigenvalue weighted by Gasteiger charge is -2.09. The summed E-state index contributed by atoms with van der Waals surface area (Å²) in [5.41, 5.74) is 2.83. The molecular formula is C21H20BrClN2OS. The molecule has 0 aliphatic rings. The van der Waals surface area contributed by atoms with Gasteiger partial charge in [0.1, 0.15) is 0 Å². The van der Waals surface area contributed by atoms with Crippen molar-refractivity contribution in [2.45, 2.75) is 33.2 Å². The smallest absolute Gasteiger partial charge is 0.279 e. The largest absolute Gasteiger partial charge is 0.316 e. The molecule has 140 valence electrons. The van der Waals surface area contributed by atoms with Crippen molar-refractivity contribution in [3.63, 3.8) is 0 Å². The standard InChI is InChI=1S/C21H20BrClN2OS/c1-3-5-18-19(14-6-10-16(22)11-7-14)25(4-2)21(27-18)24-20(26)15-8-12-17(23)13-9-15/h6-13H,3-5H2,1-2H3. The Kier molecular flexibility index (Phi) is 6.68. The van der Waals surface area contributed by atoms with Crippen molar-refractivity contribution < 1.29 is 4.79 Å². The molecule has 0 aliphatic heterocycles.